The fourth-order valence-electron chi connectivity index (χ4n) is 2.61. The van der Waals surface area contributed by atoms with Gasteiger partial charge in [-0.15, -0.1) is 11.3 Å². The molecule has 0 N–H and O–H groups in total. The van der Waals surface area contributed by atoms with E-state index in [0.29, 0.717) is 0 Å². The number of carbonyl (C=O) groups is 2. The Hall–Kier alpha value is -1.67. The van der Waals surface area contributed by atoms with Crippen molar-refractivity contribution in [3.8, 4) is 0 Å². The monoisotopic (exact) mass is 381 g/mol. The Bertz CT molecular complexity index is 738. The van der Waals surface area contributed by atoms with Crippen LogP contribution in [0.5, 0.6) is 0 Å². The molecular formula is C17H23N3O3S2. The molecule has 0 unspecified atom stereocenters. The van der Waals surface area contributed by atoms with Crippen molar-refractivity contribution in [1.29, 1.82) is 0 Å². The minimum Gasteiger partial charge on any atom is -0.452 e. The number of hydrogen-bond donors (Lipinski definition) is 0. The lowest BCUT2D eigenvalue weighted by Crippen LogP contribution is -2.47. The Balaban J connectivity index is 1.93. The number of ether oxygens (including phenoxy) is 1. The van der Waals surface area contributed by atoms with Crippen molar-refractivity contribution in [1.82, 2.24) is 14.9 Å². The van der Waals surface area contributed by atoms with Crippen molar-refractivity contribution in [3.05, 3.63) is 17.8 Å². The number of carbonyl (C=O) groups excluding carboxylic acids is 2. The molecule has 0 fully saturated rings. The number of nitrogens with zero attached hydrogens (tertiary/aromatic N) is 3. The Morgan fingerprint density at radius 3 is 2.52 bits per heavy atom. The molecule has 0 aromatic carbocycles. The third kappa shape index (κ3) is 4.92. The number of hydrogen-bond acceptors (Lipinski definition) is 7. The first-order valence-corrected chi connectivity index (χ1v) is 10.0. The number of fused-ring (bicyclic) bond motifs is 1. The van der Waals surface area contributed by atoms with E-state index in [0.717, 1.165) is 15.2 Å². The summed E-state index contributed by atoms with van der Waals surface area (Å²) < 4.78 is 5.32. The molecule has 25 heavy (non-hydrogen) atoms. The van der Waals surface area contributed by atoms with Crippen LogP contribution in [0.1, 0.15) is 34.6 Å². The van der Waals surface area contributed by atoms with Gasteiger partial charge in [-0.1, -0.05) is 11.8 Å². The fourth-order valence-corrected chi connectivity index (χ4v) is 4.17. The first kappa shape index (κ1) is 19.7. The Morgan fingerprint density at radius 2 is 1.88 bits per heavy atom. The van der Waals surface area contributed by atoms with E-state index in [1.54, 1.807) is 11.8 Å². The van der Waals surface area contributed by atoms with Crippen molar-refractivity contribution in [2.75, 3.05) is 5.75 Å². The van der Waals surface area contributed by atoms with Gasteiger partial charge in [0.25, 0.3) is 5.91 Å². The van der Waals surface area contributed by atoms with Crippen LogP contribution in [0.2, 0.25) is 0 Å². The Kier molecular flexibility index (Phi) is 6.78. The van der Waals surface area contributed by atoms with Crippen molar-refractivity contribution in [2.24, 2.45) is 0 Å². The molecule has 0 bridgehead atoms. The largest absolute Gasteiger partial charge is 0.452 e. The van der Waals surface area contributed by atoms with Crippen LogP contribution < -0.4 is 0 Å². The minimum absolute atomic E-state index is 0.0518. The number of amides is 1. The first-order valence-electron chi connectivity index (χ1n) is 8.14. The predicted molar refractivity (Wildman–Crippen MR) is 101 cm³/mol. The zero-order valence-corrected chi connectivity index (χ0v) is 16.7. The molecule has 0 saturated carbocycles. The van der Waals surface area contributed by atoms with Gasteiger partial charge in [0, 0.05) is 17.5 Å². The molecule has 136 valence electrons. The van der Waals surface area contributed by atoms with Gasteiger partial charge in [-0.05, 0) is 46.1 Å². The summed E-state index contributed by atoms with van der Waals surface area (Å²) in [5.41, 5.74) is 0. The maximum absolute atomic E-state index is 12.5. The summed E-state index contributed by atoms with van der Waals surface area (Å²) >= 11 is 2.82. The highest BCUT2D eigenvalue weighted by atomic mass is 32.2. The number of rotatable bonds is 7. The maximum atomic E-state index is 12.5. The molecule has 0 aliphatic heterocycles. The topological polar surface area (TPSA) is 72.4 Å². The maximum Gasteiger partial charge on any atom is 0.317 e. The van der Waals surface area contributed by atoms with E-state index in [1.807, 2.05) is 39.1 Å². The van der Waals surface area contributed by atoms with E-state index >= 15 is 0 Å². The van der Waals surface area contributed by atoms with E-state index in [2.05, 4.69) is 9.97 Å². The normalized spacial score (nSPS) is 12.6. The molecule has 2 aromatic rings. The van der Waals surface area contributed by atoms with Crippen LogP contribution in [0.4, 0.5) is 0 Å². The summed E-state index contributed by atoms with van der Waals surface area (Å²) in [4.78, 5) is 35.6. The van der Waals surface area contributed by atoms with Gasteiger partial charge in [0.1, 0.15) is 16.2 Å². The Morgan fingerprint density at radius 1 is 1.20 bits per heavy atom. The number of thioether (sulfide) groups is 1. The molecule has 2 aromatic heterocycles. The summed E-state index contributed by atoms with van der Waals surface area (Å²) in [5, 5.41) is 3.61. The second-order valence-electron chi connectivity index (χ2n) is 6.17. The van der Waals surface area contributed by atoms with Crippen LogP contribution in [-0.2, 0) is 14.3 Å². The van der Waals surface area contributed by atoms with Crippen LogP contribution in [0.3, 0.4) is 0 Å². The van der Waals surface area contributed by atoms with Crippen LogP contribution in [0.15, 0.2) is 22.8 Å². The first-order chi connectivity index (χ1) is 11.8. The van der Waals surface area contributed by atoms with E-state index in [9.17, 15) is 9.59 Å². The highest BCUT2D eigenvalue weighted by Gasteiger charge is 2.27. The lowest BCUT2D eigenvalue weighted by atomic mass is 10.2. The third-order valence-corrected chi connectivity index (χ3v) is 5.37. The number of thiophene rings is 1. The third-order valence-electron chi connectivity index (χ3n) is 3.58. The molecule has 0 saturated heterocycles. The molecule has 0 aliphatic rings. The minimum atomic E-state index is -0.801. The lowest BCUT2D eigenvalue weighted by Gasteiger charge is -2.32. The number of esters is 1. The van der Waals surface area contributed by atoms with Gasteiger partial charge >= 0.3 is 5.97 Å². The molecule has 8 heteroatoms. The molecule has 0 radical (unpaired) electrons. The van der Waals surface area contributed by atoms with Crippen molar-refractivity contribution >= 4 is 45.2 Å². The fraction of sp³-hybridized carbons (Fsp3) is 0.529. The molecule has 2 rings (SSSR count). The second-order valence-corrected chi connectivity index (χ2v) is 8.03. The predicted octanol–water partition coefficient (Wildman–Crippen LogP) is 3.36. The summed E-state index contributed by atoms with van der Waals surface area (Å²) in [5.74, 6) is -0.505. The van der Waals surface area contributed by atoms with Gasteiger partial charge in [0.05, 0.1) is 5.75 Å². The molecule has 2 heterocycles. The van der Waals surface area contributed by atoms with E-state index in [1.165, 1.54) is 29.4 Å². The highest BCUT2D eigenvalue weighted by Crippen LogP contribution is 2.27. The van der Waals surface area contributed by atoms with E-state index in [-0.39, 0.29) is 23.7 Å². The summed E-state index contributed by atoms with van der Waals surface area (Å²) in [6.07, 6.45) is 0.686. The zero-order chi connectivity index (χ0) is 18.6. The quantitative estimate of drug-likeness (QED) is 0.416. The van der Waals surface area contributed by atoms with Gasteiger partial charge in [-0.25, -0.2) is 9.97 Å². The highest BCUT2D eigenvalue weighted by molar-refractivity contribution is 8.00. The van der Waals surface area contributed by atoms with Crippen LogP contribution >= 0.6 is 23.1 Å². The van der Waals surface area contributed by atoms with Crippen LogP contribution in [-0.4, -0.2) is 50.7 Å². The molecule has 1 amide bonds. The summed E-state index contributed by atoms with van der Waals surface area (Å²) in [6.45, 7) is 9.41. The van der Waals surface area contributed by atoms with Crippen LogP contribution in [0, 0.1) is 0 Å². The second kappa shape index (κ2) is 8.62. The van der Waals surface area contributed by atoms with Gasteiger partial charge in [-0.2, -0.15) is 0 Å². The van der Waals surface area contributed by atoms with Gasteiger partial charge in [-0.3, -0.25) is 9.59 Å². The summed E-state index contributed by atoms with van der Waals surface area (Å²) in [7, 11) is 0. The lowest BCUT2D eigenvalue weighted by molar-refractivity contribution is -0.159. The molecule has 0 spiro atoms. The number of aromatic nitrogens is 2. The van der Waals surface area contributed by atoms with Crippen molar-refractivity contribution < 1.29 is 14.3 Å². The van der Waals surface area contributed by atoms with Crippen LogP contribution in [0.25, 0.3) is 10.2 Å². The molecule has 6 nitrogen and oxygen atoms in total. The van der Waals surface area contributed by atoms with Gasteiger partial charge in [0.2, 0.25) is 0 Å². The van der Waals surface area contributed by atoms with Crippen molar-refractivity contribution in [2.45, 2.75) is 57.8 Å². The molecule has 1 atom stereocenters. The van der Waals surface area contributed by atoms with Gasteiger partial charge < -0.3 is 9.64 Å². The molecule has 0 aliphatic carbocycles. The zero-order valence-electron chi connectivity index (χ0n) is 15.1. The SMILES string of the molecule is CC(C)N(C(=O)[C@@H](C)OC(=O)CSc1ncnc2sccc12)C(C)C. The summed E-state index contributed by atoms with van der Waals surface area (Å²) in [6, 6.07) is 2.04. The molecular weight excluding hydrogens is 358 g/mol. The van der Waals surface area contributed by atoms with E-state index < -0.39 is 12.1 Å². The van der Waals surface area contributed by atoms with E-state index in [4.69, 9.17) is 4.74 Å². The average molecular weight is 382 g/mol. The Labute approximate surface area is 156 Å². The van der Waals surface area contributed by atoms with Crippen molar-refractivity contribution in [3.63, 3.8) is 0 Å². The van der Waals surface area contributed by atoms with Gasteiger partial charge in [0.15, 0.2) is 6.10 Å². The smallest absolute Gasteiger partial charge is 0.317 e. The average Bonchev–Trinajstić information content (AvgIpc) is 3.01. The standard InChI is InChI=1S/C17H23N3O3S2/c1-10(2)20(11(3)4)17(22)12(5)23-14(21)8-25-16-13-6-7-24-15(13)18-9-19-16/h6-7,9-12H,8H2,1-5H3/t12-/m1/s1.